The zero-order chi connectivity index (χ0) is 20.1. The average molecular weight is 394 g/mol. The van der Waals surface area contributed by atoms with Crippen molar-refractivity contribution >= 4 is 23.5 Å². The lowest BCUT2D eigenvalue weighted by Gasteiger charge is -2.11. The molecule has 0 fully saturated rings. The number of carbonyl (C=O) groups excluding carboxylic acids is 2. The van der Waals surface area contributed by atoms with Crippen LogP contribution in [0.5, 0.6) is 5.75 Å². The summed E-state index contributed by atoms with van der Waals surface area (Å²) < 4.78 is 6.88. The SMILES string of the molecule is COc1cccc(SCC(=O)c2cc(C)n(NC(=O)c3ccccc3)c2C)c1. The maximum Gasteiger partial charge on any atom is 0.270 e. The van der Waals surface area contributed by atoms with Gasteiger partial charge < -0.3 is 4.74 Å². The molecule has 144 valence electrons. The van der Waals surface area contributed by atoms with Gasteiger partial charge in [-0.25, -0.2) is 0 Å². The van der Waals surface area contributed by atoms with Crippen LogP contribution in [-0.2, 0) is 0 Å². The lowest BCUT2D eigenvalue weighted by molar-refractivity contribution is 0.0999. The van der Waals surface area contributed by atoms with Gasteiger partial charge in [0, 0.05) is 27.4 Å². The van der Waals surface area contributed by atoms with Gasteiger partial charge in [-0.1, -0.05) is 24.3 Å². The molecule has 0 spiro atoms. The number of Topliss-reactive ketones (excluding diaryl/α,β-unsaturated/α-hetero) is 1. The Morgan fingerprint density at radius 3 is 2.50 bits per heavy atom. The van der Waals surface area contributed by atoms with Gasteiger partial charge in [-0.2, -0.15) is 0 Å². The second-order valence-electron chi connectivity index (χ2n) is 6.32. The van der Waals surface area contributed by atoms with E-state index in [1.54, 1.807) is 23.9 Å². The molecule has 0 aliphatic heterocycles. The molecule has 5 nitrogen and oxygen atoms in total. The molecule has 3 rings (SSSR count). The first-order valence-corrected chi connectivity index (χ1v) is 9.83. The van der Waals surface area contributed by atoms with Crippen LogP contribution in [-0.4, -0.2) is 29.2 Å². The molecule has 3 aromatic rings. The summed E-state index contributed by atoms with van der Waals surface area (Å²) in [4.78, 5) is 26.1. The molecule has 28 heavy (non-hydrogen) atoms. The predicted octanol–water partition coefficient (Wildman–Crippen LogP) is 4.47. The molecule has 0 aliphatic rings. The number of amides is 1. The summed E-state index contributed by atoms with van der Waals surface area (Å²) in [5.41, 5.74) is 5.56. The fraction of sp³-hybridized carbons (Fsp3) is 0.182. The minimum absolute atomic E-state index is 0.0149. The van der Waals surface area contributed by atoms with Crippen molar-refractivity contribution in [2.75, 3.05) is 18.3 Å². The van der Waals surface area contributed by atoms with Crippen LogP contribution in [0.1, 0.15) is 32.1 Å². The smallest absolute Gasteiger partial charge is 0.270 e. The highest BCUT2D eigenvalue weighted by Crippen LogP contribution is 2.25. The summed E-state index contributed by atoms with van der Waals surface area (Å²) in [6.07, 6.45) is 0. The Morgan fingerprint density at radius 2 is 1.79 bits per heavy atom. The van der Waals surface area contributed by atoms with E-state index in [-0.39, 0.29) is 11.7 Å². The standard InChI is InChI=1S/C22H22N2O3S/c1-15-12-20(21(25)14-28-19-11-7-10-18(13-19)27-3)16(2)24(15)23-22(26)17-8-5-4-6-9-17/h4-13H,14H2,1-3H3,(H,23,26). The number of aromatic nitrogens is 1. The van der Waals surface area contributed by atoms with Gasteiger partial charge >= 0.3 is 0 Å². The number of nitrogens with zero attached hydrogens (tertiary/aromatic N) is 1. The van der Waals surface area contributed by atoms with Gasteiger partial charge in [0.2, 0.25) is 0 Å². The van der Waals surface area contributed by atoms with Gasteiger partial charge in [0.15, 0.2) is 5.78 Å². The second kappa shape index (κ2) is 8.80. The summed E-state index contributed by atoms with van der Waals surface area (Å²) in [5.74, 6) is 0.872. The Hall–Kier alpha value is -2.99. The van der Waals surface area contributed by atoms with Crippen LogP contribution in [0.15, 0.2) is 65.6 Å². The maximum atomic E-state index is 12.7. The van der Waals surface area contributed by atoms with Crippen molar-refractivity contribution in [2.24, 2.45) is 0 Å². The van der Waals surface area contributed by atoms with Crippen molar-refractivity contribution < 1.29 is 14.3 Å². The van der Waals surface area contributed by atoms with Gasteiger partial charge in [0.25, 0.3) is 5.91 Å². The first-order valence-electron chi connectivity index (χ1n) is 8.85. The molecular weight excluding hydrogens is 372 g/mol. The molecule has 0 radical (unpaired) electrons. The fourth-order valence-electron chi connectivity index (χ4n) is 2.89. The number of ketones is 1. The molecule has 1 N–H and O–H groups in total. The molecule has 6 heteroatoms. The molecule has 0 aliphatic carbocycles. The minimum Gasteiger partial charge on any atom is -0.497 e. The van der Waals surface area contributed by atoms with Crippen molar-refractivity contribution in [3.63, 3.8) is 0 Å². The van der Waals surface area contributed by atoms with Crippen LogP contribution in [0.25, 0.3) is 0 Å². The van der Waals surface area contributed by atoms with Crippen molar-refractivity contribution in [1.29, 1.82) is 0 Å². The molecule has 0 saturated carbocycles. The Kier molecular flexibility index (Phi) is 6.21. The third-order valence-electron chi connectivity index (χ3n) is 4.39. The zero-order valence-electron chi connectivity index (χ0n) is 16.1. The molecule has 1 aromatic heterocycles. The van der Waals surface area contributed by atoms with E-state index in [1.165, 1.54) is 11.8 Å². The zero-order valence-corrected chi connectivity index (χ0v) is 16.9. The number of carbonyl (C=O) groups is 2. The number of hydrogen-bond donors (Lipinski definition) is 1. The normalized spacial score (nSPS) is 10.5. The minimum atomic E-state index is -0.216. The van der Waals surface area contributed by atoms with E-state index in [4.69, 9.17) is 4.74 Å². The highest BCUT2D eigenvalue weighted by Gasteiger charge is 2.17. The number of hydrogen-bond acceptors (Lipinski definition) is 4. The summed E-state index contributed by atoms with van der Waals surface area (Å²) in [5, 5.41) is 0. The Morgan fingerprint density at radius 1 is 1.04 bits per heavy atom. The van der Waals surface area contributed by atoms with E-state index < -0.39 is 0 Å². The molecule has 0 unspecified atom stereocenters. The van der Waals surface area contributed by atoms with Crippen molar-refractivity contribution in [3.8, 4) is 5.75 Å². The third kappa shape index (κ3) is 4.46. The van der Waals surface area contributed by atoms with Crippen LogP contribution >= 0.6 is 11.8 Å². The molecule has 1 heterocycles. The Bertz CT molecular complexity index is 996. The number of benzene rings is 2. The molecule has 1 amide bonds. The Balaban J connectivity index is 1.71. The fourth-order valence-corrected chi connectivity index (χ4v) is 3.72. The van der Waals surface area contributed by atoms with Gasteiger partial charge in [-0.3, -0.25) is 19.7 Å². The summed E-state index contributed by atoms with van der Waals surface area (Å²) >= 11 is 1.46. The number of methoxy groups -OCH3 is 1. The first-order chi connectivity index (χ1) is 13.5. The van der Waals surface area contributed by atoms with Crippen molar-refractivity contribution in [2.45, 2.75) is 18.7 Å². The monoisotopic (exact) mass is 394 g/mol. The summed E-state index contributed by atoms with van der Waals surface area (Å²) in [6, 6.07) is 18.4. The molecule has 0 bridgehead atoms. The topological polar surface area (TPSA) is 60.3 Å². The lowest BCUT2D eigenvalue weighted by Crippen LogP contribution is -2.25. The molecule has 0 atom stereocenters. The molecular formula is C22H22N2O3S. The number of rotatable bonds is 7. The van der Waals surface area contributed by atoms with E-state index in [2.05, 4.69) is 5.43 Å². The number of ether oxygens (including phenoxy) is 1. The summed E-state index contributed by atoms with van der Waals surface area (Å²) in [7, 11) is 1.62. The van der Waals surface area contributed by atoms with Crippen LogP contribution in [0.2, 0.25) is 0 Å². The quantitative estimate of drug-likeness (QED) is 0.474. The van der Waals surface area contributed by atoms with Crippen molar-refractivity contribution in [3.05, 3.63) is 83.2 Å². The van der Waals surface area contributed by atoms with Gasteiger partial charge in [0.1, 0.15) is 5.75 Å². The maximum absolute atomic E-state index is 12.7. The van der Waals surface area contributed by atoms with Gasteiger partial charge in [0.05, 0.1) is 12.9 Å². The van der Waals surface area contributed by atoms with Crippen LogP contribution in [0, 0.1) is 13.8 Å². The lowest BCUT2D eigenvalue weighted by atomic mass is 10.2. The number of nitrogens with one attached hydrogen (secondary N) is 1. The van der Waals surface area contributed by atoms with Crippen LogP contribution in [0.3, 0.4) is 0 Å². The number of aryl methyl sites for hydroxylation is 1. The highest BCUT2D eigenvalue weighted by atomic mass is 32.2. The average Bonchev–Trinajstić information content (AvgIpc) is 3.01. The largest absolute Gasteiger partial charge is 0.497 e. The van der Waals surface area contributed by atoms with Gasteiger partial charge in [-0.05, 0) is 50.2 Å². The van der Waals surface area contributed by atoms with E-state index in [9.17, 15) is 9.59 Å². The van der Waals surface area contributed by atoms with Gasteiger partial charge in [-0.15, -0.1) is 11.8 Å². The second-order valence-corrected chi connectivity index (χ2v) is 7.37. The van der Waals surface area contributed by atoms with E-state index in [0.717, 1.165) is 22.0 Å². The third-order valence-corrected chi connectivity index (χ3v) is 5.39. The van der Waals surface area contributed by atoms with E-state index in [1.807, 2.05) is 62.4 Å². The predicted molar refractivity (Wildman–Crippen MR) is 112 cm³/mol. The molecule has 0 saturated heterocycles. The van der Waals surface area contributed by atoms with Crippen LogP contribution in [0.4, 0.5) is 0 Å². The Labute approximate surface area is 168 Å². The molecule has 2 aromatic carbocycles. The highest BCUT2D eigenvalue weighted by molar-refractivity contribution is 8.00. The number of thioether (sulfide) groups is 1. The van der Waals surface area contributed by atoms with Crippen molar-refractivity contribution in [1.82, 2.24) is 4.68 Å². The van der Waals surface area contributed by atoms with E-state index in [0.29, 0.717) is 16.9 Å². The first kappa shape index (κ1) is 19.8. The van der Waals surface area contributed by atoms with Crippen LogP contribution < -0.4 is 10.2 Å². The van der Waals surface area contributed by atoms with E-state index >= 15 is 0 Å². The summed E-state index contributed by atoms with van der Waals surface area (Å²) in [6.45, 7) is 3.70.